The minimum absolute atomic E-state index is 0.109. The zero-order valence-corrected chi connectivity index (χ0v) is 18.4. The molecule has 0 amide bonds. The summed E-state index contributed by atoms with van der Waals surface area (Å²) in [6.45, 7) is 2.29. The third-order valence-corrected chi connectivity index (χ3v) is 8.33. The van der Waals surface area contributed by atoms with Gasteiger partial charge in [-0.1, -0.05) is 35.9 Å². The van der Waals surface area contributed by atoms with Gasteiger partial charge < -0.3 is 10.2 Å². The highest BCUT2D eigenvalue weighted by atomic mass is 32.2. The predicted molar refractivity (Wildman–Crippen MR) is 120 cm³/mol. The molecule has 162 valence electrons. The summed E-state index contributed by atoms with van der Waals surface area (Å²) in [5.41, 5.74) is 4.78. The number of aliphatic hydroxyl groups excluding tert-OH is 2. The second kappa shape index (κ2) is 7.31. The molecule has 2 aliphatic rings. The number of fused-ring (bicyclic) bond motifs is 2. The van der Waals surface area contributed by atoms with E-state index >= 15 is 0 Å². The van der Waals surface area contributed by atoms with E-state index in [4.69, 9.17) is 0 Å². The van der Waals surface area contributed by atoms with Crippen molar-refractivity contribution in [2.45, 2.75) is 30.4 Å². The monoisotopic (exact) mass is 438 g/mol. The Morgan fingerprint density at radius 2 is 1.90 bits per heavy atom. The van der Waals surface area contributed by atoms with E-state index in [1.165, 1.54) is 3.97 Å². The van der Waals surface area contributed by atoms with Crippen molar-refractivity contribution in [2.24, 2.45) is 5.92 Å². The molecule has 3 aromatic rings. The Labute approximate surface area is 182 Å². The summed E-state index contributed by atoms with van der Waals surface area (Å²) in [4.78, 5) is 2.46. The van der Waals surface area contributed by atoms with Crippen LogP contribution in [0.25, 0.3) is 16.5 Å². The van der Waals surface area contributed by atoms with Gasteiger partial charge in [0.05, 0.1) is 23.1 Å². The summed E-state index contributed by atoms with van der Waals surface area (Å²) in [6.07, 6.45) is 3.72. The number of benzene rings is 2. The molecule has 0 radical (unpaired) electrons. The smallest absolute Gasteiger partial charge is 0.268 e. The van der Waals surface area contributed by atoms with Crippen molar-refractivity contribution in [3.8, 4) is 0 Å². The summed E-state index contributed by atoms with van der Waals surface area (Å²) in [7, 11) is -1.71. The number of aliphatic hydroxyl groups is 2. The van der Waals surface area contributed by atoms with E-state index in [9.17, 15) is 18.6 Å². The lowest BCUT2D eigenvalue weighted by Crippen LogP contribution is -2.45. The SMILES string of the molecule is Cc1ccc(S(=O)(=O)n2cc3c4c(cccc42)C2=C[C@H](C(O)CO)CN(C)[C@@H]2C3)cc1. The molecule has 2 N–H and O–H groups in total. The summed E-state index contributed by atoms with van der Waals surface area (Å²) in [5, 5.41) is 20.6. The highest BCUT2D eigenvalue weighted by Gasteiger charge is 2.36. The summed E-state index contributed by atoms with van der Waals surface area (Å²) < 4.78 is 28.3. The first-order valence-corrected chi connectivity index (χ1v) is 11.9. The summed E-state index contributed by atoms with van der Waals surface area (Å²) in [5.74, 6) is -0.170. The van der Waals surface area contributed by atoms with E-state index < -0.39 is 16.1 Å². The number of hydrogen-bond acceptors (Lipinski definition) is 5. The first kappa shape index (κ1) is 20.5. The molecule has 0 saturated carbocycles. The van der Waals surface area contributed by atoms with Crippen molar-refractivity contribution < 1.29 is 18.6 Å². The fraction of sp³-hybridized carbons (Fsp3) is 0.333. The number of aromatic nitrogens is 1. The Bertz CT molecular complexity index is 1290. The van der Waals surface area contributed by atoms with Crippen LogP contribution in [0.4, 0.5) is 0 Å². The van der Waals surface area contributed by atoms with Gasteiger partial charge in [-0.15, -0.1) is 0 Å². The second-order valence-electron chi connectivity index (χ2n) is 8.66. The quantitative estimate of drug-likeness (QED) is 0.654. The van der Waals surface area contributed by atoms with Crippen molar-refractivity contribution in [3.63, 3.8) is 0 Å². The van der Waals surface area contributed by atoms with Crippen LogP contribution in [0.3, 0.4) is 0 Å². The second-order valence-corrected chi connectivity index (χ2v) is 10.5. The Kier molecular flexibility index (Phi) is 4.82. The molecule has 2 heterocycles. The highest BCUT2D eigenvalue weighted by Crippen LogP contribution is 2.42. The molecule has 0 fully saturated rings. The number of hydrogen-bond donors (Lipinski definition) is 2. The molecular weight excluding hydrogens is 412 g/mol. The van der Waals surface area contributed by atoms with Gasteiger partial charge in [0, 0.05) is 30.1 Å². The molecule has 1 unspecified atom stereocenters. The van der Waals surface area contributed by atoms with Crippen LogP contribution >= 0.6 is 0 Å². The van der Waals surface area contributed by atoms with Crippen molar-refractivity contribution in [2.75, 3.05) is 20.2 Å². The maximum absolute atomic E-state index is 13.5. The maximum atomic E-state index is 13.5. The minimum Gasteiger partial charge on any atom is -0.394 e. The Balaban J connectivity index is 1.69. The average Bonchev–Trinajstić information content (AvgIpc) is 3.15. The van der Waals surface area contributed by atoms with E-state index in [1.54, 1.807) is 18.3 Å². The topological polar surface area (TPSA) is 82.8 Å². The molecule has 1 aliphatic heterocycles. The lowest BCUT2D eigenvalue weighted by molar-refractivity contribution is 0.0455. The molecule has 0 bridgehead atoms. The van der Waals surface area contributed by atoms with Gasteiger partial charge in [0.25, 0.3) is 10.0 Å². The molecule has 2 aromatic carbocycles. The van der Waals surface area contributed by atoms with Gasteiger partial charge >= 0.3 is 0 Å². The molecule has 7 heteroatoms. The van der Waals surface area contributed by atoms with E-state index in [0.29, 0.717) is 18.5 Å². The highest BCUT2D eigenvalue weighted by molar-refractivity contribution is 7.90. The normalized spacial score (nSPS) is 22.3. The molecule has 1 aliphatic carbocycles. The van der Waals surface area contributed by atoms with Crippen LogP contribution in [0, 0.1) is 12.8 Å². The van der Waals surface area contributed by atoms with Gasteiger partial charge in [-0.05, 0) is 55.3 Å². The van der Waals surface area contributed by atoms with Crippen LogP contribution in [-0.4, -0.2) is 59.8 Å². The van der Waals surface area contributed by atoms with Crippen LogP contribution < -0.4 is 0 Å². The molecule has 3 atom stereocenters. The lowest BCUT2D eigenvalue weighted by atomic mass is 9.79. The molecular formula is C24H26N2O4S. The van der Waals surface area contributed by atoms with E-state index in [0.717, 1.165) is 27.6 Å². The van der Waals surface area contributed by atoms with Crippen molar-refractivity contribution >= 4 is 26.5 Å². The molecule has 0 spiro atoms. The maximum Gasteiger partial charge on any atom is 0.268 e. The zero-order chi connectivity index (χ0) is 21.9. The largest absolute Gasteiger partial charge is 0.394 e. The fourth-order valence-corrected chi connectivity index (χ4v) is 6.34. The Morgan fingerprint density at radius 3 is 2.61 bits per heavy atom. The van der Waals surface area contributed by atoms with Gasteiger partial charge in [0.1, 0.15) is 0 Å². The van der Waals surface area contributed by atoms with E-state index in [1.807, 2.05) is 44.3 Å². The van der Waals surface area contributed by atoms with Crippen LogP contribution in [0.5, 0.6) is 0 Å². The predicted octanol–water partition coefficient (Wildman–Crippen LogP) is 2.41. The van der Waals surface area contributed by atoms with Crippen LogP contribution in [0.1, 0.15) is 16.7 Å². The van der Waals surface area contributed by atoms with Crippen molar-refractivity contribution in [1.82, 2.24) is 8.87 Å². The van der Waals surface area contributed by atoms with Crippen LogP contribution in [0.2, 0.25) is 0 Å². The third kappa shape index (κ3) is 3.15. The fourth-order valence-electron chi connectivity index (χ4n) is 4.96. The average molecular weight is 439 g/mol. The lowest BCUT2D eigenvalue weighted by Gasteiger charge is -2.40. The van der Waals surface area contributed by atoms with E-state index in [2.05, 4.69) is 11.0 Å². The molecule has 31 heavy (non-hydrogen) atoms. The van der Waals surface area contributed by atoms with E-state index in [-0.39, 0.29) is 23.5 Å². The molecule has 0 saturated heterocycles. The Morgan fingerprint density at radius 1 is 1.16 bits per heavy atom. The van der Waals surface area contributed by atoms with Gasteiger partial charge in [0.15, 0.2) is 0 Å². The van der Waals surface area contributed by atoms with Crippen molar-refractivity contribution in [1.29, 1.82) is 0 Å². The molecule has 1 aromatic heterocycles. The van der Waals surface area contributed by atoms with Gasteiger partial charge in [-0.25, -0.2) is 12.4 Å². The molecule has 5 rings (SSSR count). The first-order valence-electron chi connectivity index (χ1n) is 10.5. The van der Waals surface area contributed by atoms with Gasteiger partial charge in [-0.2, -0.15) is 0 Å². The van der Waals surface area contributed by atoms with Crippen LogP contribution in [0.15, 0.2) is 59.6 Å². The zero-order valence-electron chi connectivity index (χ0n) is 17.6. The number of rotatable bonds is 4. The van der Waals surface area contributed by atoms with Crippen LogP contribution in [-0.2, 0) is 16.4 Å². The number of nitrogens with zero attached hydrogens (tertiary/aromatic N) is 2. The van der Waals surface area contributed by atoms with Gasteiger partial charge in [-0.3, -0.25) is 4.90 Å². The standard InChI is InChI=1S/C24H26N2O4S/c1-15-6-8-18(9-7-15)31(29,30)26-13-17-11-22-20(19-4-3-5-21(26)24(17)19)10-16(12-25(22)2)23(28)14-27/h3-10,13,16,22-23,27-28H,11-12,14H2,1-2H3/t16-,22+,23?/m0/s1. The first-order chi connectivity index (χ1) is 14.8. The Hall–Kier alpha value is -2.45. The van der Waals surface area contributed by atoms with Crippen molar-refractivity contribution in [3.05, 3.63) is 71.4 Å². The summed E-state index contributed by atoms with van der Waals surface area (Å²) in [6, 6.07) is 12.8. The summed E-state index contributed by atoms with van der Waals surface area (Å²) >= 11 is 0. The number of aryl methyl sites for hydroxylation is 1. The third-order valence-electron chi connectivity index (χ3n) is 6.64. The number of likely N-dealkylation sites (N-methyl/N-ethyl adjacent to an activating group) is 1. The van der Waals surface area contributed by atoms with Gasteiger partial charge in [0.2, 0.25) is 0 Å². The minimum atomic E-state index is -3.72. The molecule has 6 nitrogen and oxygen atoms in total.